The number of amides is 2. The molecule has 0 radical (unpaired) electrons. The van der Waals surface area contributed by atoms with E-state index in [-0.39, 0.29) is 5.91 Å². The lowest BCUT2D eigenvalue weighted by molar-refractivity contribution is -0.129. The molecule has 0 fully saturated rings. The molecular weight excluding hydrogens is 406 g/mol. The summed E-state index contributed by atoms with van der Waals surface area (Å²) in [7, 11) is 0. The molecule has 160 valence electrons. The summed E-state index contributed by atoms with van der Waals surface area (Å²) in [5, 5.41) is 16.1. The molecule has 0 saturated heterocycles. The van der Waals surface area contributed by atoms with Gasteiger partial charge in [0, 0.05) is 11.3 Å². The second kappa shape index (κ2) is 9.28. The van der Waals surface area contributed by atoms with Crippen LogP contribution in [0.1, 0.15) is 33.2 Å². The standard InChI is InChI=1S/C25H21N3O4/c1-16-21(23(28-32-16)19-10-6-3-7-11-19)24(29)26-20-14-12-18(13-15-20)22(25(30)27-31)17-8-4-2-5-9-17/h2-15,22,31H,1H3,(H,26,29)(H,27,30). The quantitative estimate of drug-likeness (QED) is 0.310. The Balaban J connectivity index is 1.58. The molecule has 0 spiro atoms. The fourth-order valence-electron chi connectivity index (χ4n) is 3.59. The minimum Gasteiger partial charge on any atom is -0.360 e. The van der Waals surface area contributed by atoms with Crippen molar-refractivity contribution in [2.75, 3.05) is 5.32 Å². The molecule has 1 atom stereocenters. The van der Waals surface area contributed by atoms with Crippen molar-refractivity contribution in [3.8, 4) is 11.3 Å². The number of hydrogen-bond donors (Lipinski definition) is 3. The van der Waals surface area contributed by atoms with Gasteiger partial charge >= 0.3 is 0 Å². The average Bonchev–Trinajstić information content (AvgIpc) is 3.23. The van der Waals surface area contributed by atoms with E-state index < -0.39 is 11.8 Å². The van der Waals surface area contributed by atoms with Crippen molar-refractivity contribution in [2.45, 2.75) is 12.8 Å². The van der Waals surface area contributed by atoms with Crippen molar-refractivity contribution in [2.24, 2.45) is 0 Å². The van der Waals surface area contributed by atoms with Crippen molar-refractivity contribution in [1.82, 2.24) is 10.6 Å². The van der Waals surface area contributed by atoms with Gasteiger partial charge in [0.05, 0.1) is 5.92 Å². The zero-order valence-corrected chi connectivity index (χ0v) is 17.3. The molecule has 3 N–H and O–H groups in total. The Morgan fingerprint density at radius 1 is 0.875 bits per heavy atom. The highest BCUT2D eigenvalue weighted by Gasteiger charge is 2.24. The van der Waals surface area contributed by atoms with Crippen LogP contribution in [-0.4, -0.2) is 22.2 Å². The summed E-state index contributed by atoms with van der Waals surface area (Å²) in [4.78, 5) is 25.3. The molecule has 7 nitrogen and oxygen atoms in total. The highest BCUT2D eigenvalue weighted by molar-refractivity contribution is 6.08. The lowest BCUT2D eigenvalue weighted by Gasteiger charge is -2.16. The molecule has 0 aliphatic heterocycles. The number of carbonyl (C=O) groups excluding carboxylic acids is 2. The van der Waals surface area contributed by atoms with E-state index in [4.69, 9.17) is 4.52 Å². The highest BCUT2D eigenvalue weighted by atomic mass is 16.5. The summed E-state index contributed by atoms with van der Waals surface area (Å²) in [5.74, 6) is -1.15. The number of nitrogens with one attached hydrogen (secondary N) is 2. The van der Waals surface area contributed by atoms with Gasteiger partial charge in [0.25, 0.3) is 11.8 Å². The van der Waals surface area contributed by atoms with Gasteiger partial charge in [-0.15, -0.1) is 0 Å². The molecule has 3 aromatic carbocycles. The zero-order chi connectivity index (χ0) is 22.5. The molecule has 1 aromatic heterocycles. The average molecular weight is 427 g/mol. The Morgan fingerprint density at radius 2 is 1.47 bits per heavy atom. The number of hydrogen-bond acceptors (Lipinski definition) is 5. The van der Waals surface area contributed by atoms with Crippen molar-refractivity contribution in [3.63, 3.8) is 0 Å². The van der Waals surface area contributed by atoms with Crippen LogP contribution in [0, 0.1) is 6.92 Å². The van der Waals surface area contributed by atoms with Gasteiger partial charge < -0.3 is 9.84 Å². The molecule has 4 aromatic rings. The van der Waals surface area contributed by atoms with E-state index >= 15 is 0 Å². The molecule has 32 heavy (non-hydrogen) atoms. The van der Waals surface area contributed by atoms with Crippen LogP contribution in [0.25, 0.3) is 11.3 Å². The second-order valence-electron chi connectivity index (χ2n) is 7.22. The van der Waals surface area contributed by atoms with E-state index in [1.165, 1.54) is 0 Å². The van der Waals surface area contributed by atoms with Crippen molar-refractivity contribution in [1.29, 1.82) is 0 Å². The molecule has 0 saturated carbocycles. The summed E-state index contributed by atoms with van der Waals surface area (Å²) < 4.78 is 5.27. The number of aromatic nitrogens is 1. The SMILES string of the molecule is Cc1onc(-c2ccccc2)c1C(=O)Nc1ccc(C(C(=O)NO)c2ccccc2)cc1. The van der Waals surface area contributed by atoms with E-state index in [1.54, 1.807) is 36.7 Å². The Hall–Kier alpha value is -4.23. The molecule has 0 aliphatic rings. The van der Waals surface area contributed by atoms with E-state index in [9.17, 15) is 14.8 Å². The first-order valence-electron chi connectivity index (χ1n) is 10.0. The first-order chi connectivity index (χ1) is 15.6. The third-order valence-electron chi connectivity index (χ3n) is 5.14. The molecule has 1 heterocycles. The van der Waals surface area contributed by atoms with Crippen molar-refractivity contribution >= 4 is 17.5 Å². The smallest absolute Gasteiger partial charge is 0.261 e. The number of nitrogens with zero attached hydrogens (tertiary/aromatic N) is 1. The normalized spacial score (nSPS) is 11.6. The van der Waals surface area contributed by atoms with Crippen LogP contribution in [-0.2, 0) is 4.79 Å². The Morgan fingerprint density at radius 3 is 2.09 bits per heavy atom. The molecule has 0 aliphatic carbocycles. The van der Waals surface area contributed by atoms with Crippen LogP contribution in [0.2, 0.25) is 0 Å². The first kappa shape index (κ1) is 21.0. The van der Waals surface area contributed by atoms with Crippen LogP contribution in [0.3, 0.4) is 0 Å². The third kappa shape index (κ3) is 4.28. The Kier molecular flexibility index (Phi) is 6.10. The third-order valence-corrected chi connectivity index (χ3v) is 5.14. The molecule has 4 rings (SSSR count). The fourth-order valence-corrected chi connectivity index (χ4v) is 3.59. The molecule has 7 heteroatoms. The molecule has 0 bridgehead atoms. The number of benzene rings is 3. The van der Waals surface area contributed by atoms with Gasteiger partial charge in [-0.2, -0.15) is 0 Å². The molecule has 1 unspecified atom stereocenters. The number of rotatable bonds is 6. The van der Waals surface area contributed by atoms with Crippen LogP contribution < -0.4 is 10.8 Å². The molecule has 2 amide bonds. The first-order valence-corrected chi connectivity index (χ1v) is 10.0. The van der Waals surface area contributed by atoms with Gasteiger partial charge in [-0.05, 0) is 30.2 Å². The van der Waals surface area contributed by atoms with Gasteiger partial charge in [0.1, 0.15) is 17.0 Å². The minimum atomic E-state index is -0.684. The maximum absolute atomic E-state index is 13.0. The predicted molar refractivity (Wildman–Crippen MR) is 119 cm³/mol. The Bertz CT molecular complexity index is 1220. The van der Waals surface area contributed by atoms with Crippen LogP contribution in [0.5, 0.6) is 0 Å². The van der Waals surface area contributed by atoms with Gasteiger partial charge in [0.15, 0.2) is 0 Å². The van der Waals surface area contributed by atoms with Crippen LogP contribution in [0.4, 0.5) is 5.69 Å². The van der Waals surface area contributed by atoms with Gasteiger partial charge in [-0.1, -0.05) is 78.0 Å². The lowest BCUT2D eigenvalue weighted by atomic mass is 9.90. The topological polar surface area (TPSA) is 104 Å². The maximum Gasteiger partial charge on any atom is 0.261 e. The van der Waals surface area contributed by atoms with E-state index in [2.05, 4.69) is 10.5 Å². The Labute approximate surface area is 184 Å². The summed E-state index contributed by atoms with van der Waals surface area (Å²) >= 11 is 0. The summed E-state index contributed by atoms with van der Waals surface area (Å²) in [6, 6.07) is 25.4. The minimum absolute atomic E-state index is 0.344. The number of aryl methyl sites for hydroxylation is 1. The van der Waals surface area contributed by atoms with Crippen molar-refractivity contribution < 1.29 is 19.3 Å². The van der Waals surface area contributed by atoms with Gasteiger partial charge in [-0.25, -0.2) is 5.48 Å². The second-order valence-corrected chi connectivity index (χ2v) is 7.22. The highest BCUT2D eigenvalue weighted by Crippen LogP contribution is 2.28. The fraction of sp³-hybridized carbons (Fsp3) is 0.0800. The summed E-state index contributed by atoms with van der Waals surface area (Å²) in [6.45, 7) is 1.69. The number of anilines is 1. The summed E-state index contributed by atoms with van der Waals surface area (Å²) in [6.07, 6.45) is 0. The maximum atomic E-state index is 13.0. The van der Waals surface area contributed by atoms with E-state index in [1.807, 2.05) is 60.7 Å². The van der Waals surface area contributed by atoms with E-state index in [0.29, 0.717) is 28.3 Å². The number of hydroxylamine groups is 1. The van der Waals surface area contributed by atoms with Crippen molar-refractivity contribution in [3.05, 3.63) is 107 Å². The van der Waals surface area contributed by atoms with Gasteiger partial charge in [-0.3, -0.25) is 14.8 Å². The van der Waals surface area contributed by atoms with E-state index in [0.717, 1.165) is 11.1 Å². The largest absolute Gasteiger partial charge is 0.360 e. The monoisotopic (exact) mass is 427 g/mol. The van der Waals surface area contributed by atoms with Gasteiger partial charge in [0.2, 0.25) is 0 Å². The predicted octanol–water partition coefficient (Wildman–Crippen LogP) is 4.54. The number of carbonyl (C=O) groups is 2. The summed E-state index contributed by atoms with van der Waals surface area (Å²) in [5.41, 5.74) is 5.31. The van der Waals surface area contributed by atoms with Crippen LogP contribution in [0.15, 0.2) is 89.5 Å². The molecular formula is C25H21N3O4. The van der Waals surface area contributed by atoms with Crippen LogP contribution >= 0.6 is 0 Å². The zero-order valence-electron chi connectivity index (χ0n) is 17.3. The lowest BCUT2D eigenvalue weighted by Crippen LogP contribution is -2.27.